The number of nitrogens with zero attached hydrogens (tertiary/aromatic N) is 1. The molecule has 0 amide bonds. The minimum absolute atomic E-state index is 0.477. The van der Waals surface area contributed by atoms with Gasteiger partial charge in [0, 0.05) is 0 Å². The highest BCUT2D eigenvalue weighted by molar-refractivity contribution is 4.54. The Bertz CT molecular complexity index is 65.4. The molecule has 1 unspecified atom stereocenters. The predicted octanol–water partition coefficient (Wildman–Crippen LogP) is 1.23. The topological polar surface area (TPSA) is 55.4 Å². The molecule has 0 aromatic heterocycles. The van der Waals surface area contributed by atoms with Crippen molar-refractivity contribution in [3.8, 4) is 0 Å². The second kappa shape index (κ2) is 4.71. The van der Waals surface area contributed by atoms with Gasteiger partial charge in [0.25, 0.3) is 0 Å². The maximum Gasteiger partial charge on any atom is 0.139 e. The molecule has 0 bridgehead atoms. The van der Waals surface area contributed by atoms with Crippen molar-refractivity contribution in [2.45, 2.75) is 32.4 Å². The van der Waals surface area contributed by atoms with Crippen LogP contribution in [0.4, 0.5) is 0 Å². The molecule has 2 N–H and O–H groups in total. The third-order valence-corrected chi connectivity index (χ3v) is 0.989. The normalized spacial score (nSPS) is 13.2. The summed E-state index contributed by atoms with van der Waals surface area (Å²) in [6.07, 6.45) is 2.31. The van der Waals surface area contributed by atoms with Crippen molar-refractivity contribution < 1.29 is 0 Å². The van der Waals surface area contributed by atoms with Gasteiger partial charge in [-0.25, -0.2) is 0 Å². The third-order valence-electron chi connectivity index (χ3n) is 0.989. The van der Waals surface area contributed by atoms with Crippen LogP contribution < -0.4 is 5.73 Å². The van der Waals surface area contributed by atoms with Gasteiger partial charge >= 0.3 is 0 Å². The first-order chi connectivity index (χ1) is 3.81. The average Bonchev–Trinajstić information content (AvgIpc) is 1.83. The summed E-state index contributed by atoms with van der Waals surface area (Å²) < 4.78 is 0. The SMILES string of the molecule is CCCCC(N)N=O. The van der Waals surface area contributed by atoms with Gasteiger partial charge in [-0.15, -0.1) is 4.91 Å². The lowest BCUT2D eigenvalue weighted by molar-refractivity contribution is 0.594. The Morgan fingerprint density at radius 1 is 1.75 bits per heavy atom. The van der Waals surface area contributed by atoms with E-state index in [2.05, 4.69) is 12.1 Å². The van der Waals surface area contributed by atoms with Gasteiger partial charge in [0.15, 0.2) is 0 Å². The summed E-state index contributed by atoms with van der Waals surface area (Å²) in [5, 5.41) is 2.65. The Kier molecular flexibility index (Phi) is 4.45. The van der Waals surface area contributed by atoms with Crippen molar-refractivity contribution >= 4 is 0 Å². The van der Waals surface area contributed by atoms with Crippen LogP contribution in [0.3, 0.4) is 0 Å². The first kappa shape index (κ1) is 7.56. The first-order valence-corrected chi connectivity index (χ1v) is 2.89. The molecule has 0 heterocycles. The van der Waals surface area contributed by atoms with E-state index in [0.717, 1.165) is 19.3 Å². The Morgan fingerprint density at radius 3 is 2.75 bits per heavy atom. The number of nitroso groups, excluding NO2 is 1. The maximum atomic E-state index is 9.64. The number of hydrogen-bond donors (Lipinski definition) is 1. The van der Waals surface area contributed by atoms with E-state index in [4.69, 9.17) is 5.73 Å². The second-order valence-corrected chi connectivity index (χ2v) is 1.81. The molecule has 0 aromatic rings. The van der Waals surface area contributed by atoms with Crippen LogP contribution in [-0.4, -0.2) is 6.17 Å². The number of unbranched alkanes of at least 4 members (excludes halogenated alkanes) is 1. The van der Waals surface area contributed by atoms with Crippen LogP contribution in [0.25, 0.3) is 0 Å². The minimum Gasteiger partial charge on any atom is -0.307 e. The number of hydrogen-bond acceptors (Lipinski definition) is 3. The highest BCUT2D eigenvalue weighted by Gasteiger charge is 1.96. The Hall–Kier alpha value is -0.440. The standard InChI is InChI=1S/C5H12N2O/c1-2-3-4-5(6)7-8/h5H,2-4,6H2,1H3. The summed E-state index contributed by atoms with van der Waals surface area (Å²) >= 11 is 0. The molecular weight excluding hydrogens is 104 g/mol. The van der Waals surface area contributed by atoms with Crippen molar-refractivity contribution in [3.05, 3.63) is 4.91 Å². The molecule has 0 radical (unpaired) electrons. The summed E-state index contributed by atoms with van der Waals surface area (Å²) in [6.45, 7) is 2.05. The summed E-state index contributed by atoms with van der Waals surface area (Å²) in [7, 11) is 0. The van der Waals surface area contributed by atoms with Crippen LogP contribution in [0, 0.1) is 4.91 Å². The van der Waals surface area contributed by atoms with Crippen molar-refractivity contribution in [2.24, 2.45) is 10.9 Å². The van der Waals surface area contributed by atoms with E-state index in [1.807, 2.05) is 0 Å². The lowest BCUT2D eigenvalue weighted by atomic mass is 10.2. The molecule has 3 nitrogen and oxygen atoms in total. The molecule has 1 atom stereocenters. The average molecular weight is 116 g/mol. The zero-order valence-corrected chi connectivity index (χ0v) is 5.13. The fourth-order valence-corrected chi connectivity index (χ4v) is 0.466. The molecule has 3 heteroatoms. The van der Waals surface area contributed by atoms with Gasteiger partial charge in [-0.05, 0) is 6.42 Å². The van der Waals surface area contributed by atoms with Gasteiger partial charge < -0.3 is 5.73 Å². The molecule has 0 aromatic carbocycles. The number of rotatable bonds is 4. The summed E-state index contributed by atoms with van der Waals surface area (Å²) in [5.41, 5.74) is 5.18. The molecule has 0 aliphatic carbocycles. The van der Waals surface area contributed by atoms with Crippen LogP contribution in [0.1, 0.15) is 26.2 Å². The molecule has 0 saturated carbocycles. The zero-order valence-electron chi connectivity index (χ0n) is 5.13. The molecule has 0 rings (SSSR count). The molecule has 0 fully saturated rings. The van der Waals surface area contributed by atoms with Crippen LogP contribution in [0.5, 0.6) is 0 Å². The van der Waals surface area contributed by atoms with Gasteiger partial charge in [0.2, 0.25) is 0 Å². The minimum atomic E-state index is -0.477. The summed E-state index contributed by atoms with van der Waals surface area (Å²) in [5.74, 6) is 0. The Morgan fingerprint density at radius 2 is 2.38 bits per heavy atom. The molecule has 0 aliphatic heterocycles. The van der Waals surface area contributed by atoms with Crippen molar-refractivity contribution in [2.75, 3.05) is 0 Å². The van der Waals surface area contributed by atoms with Crippen molar-refractivity contribution in [1.29, 1.82) is 0 Å². The molecular formula is C5H12N2O. The van der Waals surface area contributed by atoms with Gasteiger partial charge in [0.1, 0.15) is 6.17 Å². The largest absolute Gasteiger partial charge is 0.307 e. The third kappa shape index (κ3) is 3.74. The van der Waals surface area contributed by atoms with Crippen LogP contribution in [-0.2, 0) is 0 Å². The number of nitrogens with two attached hydrogens (primary N) is 1. The highest BCUT2D eigenvalue weighted by Crippen LogP contribution is 1.97. The van der Waals surface area contributed by atoms with Gasteiger partial charge in [-0.1, -0.05) is 24.9 Å². The molecule has 0 saturated heterocycles. The first-order valence-electron chi connectivity index (χ1n) is 2.89. The van der Waals surface area contributed by atoms with E-state index in [0.29, 0.717) is 0 Å². The van der Waals surface area contributed by atoms with Gasteiger partial charge in [0.05, 0.1) is 0 Å². The van der Waals surface area contributed by atoms with E-state index in [1.54, 1.807) is 0 Å². The molecule has 0 spiro atoms. The smallest absolute Gasteiger partial charge is 0.139 e. The predicted molar refractivity (Wildman–Crippen MR) is 33.3 cm³/mol. The monoisotopic (exact) mass is 116 g/mol. The van der Waals surface area contributed by atoms with Gasteiger partial charge in [-0.2, -0.15) is 0 Å². The van der Waals surface area contributed by atoms with E-state index in [1.165, 1.54) is 0 Å². The quantitative estimate of drug-likeness (QED) is 0.561. The van der Waals surface area contributed by atoms with Crippen LogP contribution in [0.2, 0.25) is 0 Å². The van der Waals surface area contributed by atoms with E-state index < -0.39 is 6.17 Å². The molecule has 0 aliphatic rings. The second-order valence-electron chi connectivity index (χ2n) is 1.81. The molecule has 8 heavy (non-hydrogen) atoms. The fraction of sp³-hybridized carbons (Fsp3) is 1.00. The van der Waals surface area contributed by atoms with E-state index in [9.17, 15) is 4.91 Å². The zero-order chi connectivity index (χ0) is 6.41. The molecule has 48 valence electrons. The van der Waals surface area contributed by atoms with Crippen molar-refractivity contribution in [3.63, 3.8) is 0 Å². The fourth-order valence-electron chi connectivity index (χ4n) is 0.466. The van der Waals surface area contributed by atoms with Crippen LogP contribution >= 0.6 is 0 Å². The van der Waals surface area contributed by atoms with Crippen molar-refractivity contribution in [1.82, 2.24) is 0 Å². The maximum absolute atomic E-state index is 9.64. The highest BCUT2D eigenvalue weighted by atomic mass is 16.3. The Balaban J connectivity index is 2.98. The summed E-state index contributed by atoms with van der Waals surface area (Å²) in [4.78, 5) is 9.64. The lowest BCUT2D eigenvalue weighted by Crippen LogP contribution is -2.15. The lowest BCUT2D eigenvalue weighted by Gasteiger charge is -1.97. The van der Waals surface area contributed by atoms with E-state index in [-0.39, 0.29) is 0 Å². The Labute approximate surface area is 49.2 Å². The van der Waals surface area contributed by atoms with Crippen LogP contribution in [0.15, 0.2) is 5.18 Å². The van der Waals surface area contributed by atoms with Gasteiger partial charge in [-0.3, -0.25) is 0 Å². The van der Waals surface area contributed by atoms with E-state index >= 15 is 0 Å². The summed E-state index contributed by atoms with van der Waals surface area (Å²) in [6, 6.07) is 0.